The molecule has 0 aliphatic rings. The zero-order valence-electron chi connectivity index (χ0n) is 12.2. The van der Waals surface area contributed by atoms with E-state index < -0.39 is 0 Å². The van der Waals surface area contributed by atoms with Crippen LogP contribution in [0.25, 0.3) is 11.0 Å². The second-order valence-corrected chi connectivity index (χ2v) is 5.13. The number of hydrogen-bond donors (Lipinski definition) is 1. The molecule has 1 atom stereocenters. The van der Waals surface area contributed by atoms with Gasteiger partial charge < -0.3 is 19.0 Å². The molecule has 0 saturated heterocycles. The van der Waals surface area contributed by atoms with Crippen LogP contribution in [-0.2, 0) is 13.1 Å². The lowest BCUT2D eigenvalue weighted by Crippen LogP contribution is -2.29. The first-order valence-corrected chi connectivity index (χ1v) is 7.01. The Morgan fingerprint density at radius 1 is 1.43 bits per heavy atom. The van der Waals surface area contributed by atoms with Crippen LogP contribution in [0.2, 0.25) is 0 Å². The lowest BCUT2D eigenvalue weighted by molar-refractivity contribution is 0.401. The van der Waals surface area contributed by atoms with Crippen molar-refractivity contribution < 1.29 is 9.15 Å². The van der Waals surface area contributed by atoms with Crippen molar-refractivity contribution in [2.75, 3.05) is 7.11 Å². The van der Waals surface area contributed by atoms with Crippen LogP contribution in [0.15, 0.2) is 47.4 Å². The molecule has 2 heterocycles. The Morgan fingerprint density at radius 3 is 3.10 bits per heavy atom. The molecule has 0 amide bonds. The van der Waals surface area contributed by atoms with E-state index in [1.165, 1.54) is 0 Å². The molecule has 0 aliphatic carbocycles. The van der Waals surface area contributed by atoms with Crippen molar-refractivity contribution in [2.45, 2.75) is 26.1 Å². The highest BCUT2D eigenvalue weighted by atomic mass is 16.5. The van der Waals surface area contributed by atoms with E-state index in [9.17, 15) is 0 Å². The van der Waals surface area contributed by atoms with Gasteiger partial charge in [-0.3, -0.25) is 0 Å². The van der Waals surface area contributed by atoms with Gasteiger partial charge in [0.25, 0.3) is 0 Å². The van der Waals surface area contributed by atoms with E-state index in [2.05, 4.69) is 27.9 Å². The quantitative estimate of drug-likeness (QED) is 0.756. The highest BCUT2D eigenvalue weighted by Crippen LogP contribution is 2.28. The standard InChI is InChI=1S/C16H19N3O2/c1-12(10-19-7-6-17-11-19)18-9-14-8-13-4-3-5-15(20-2)16(13)21-14/h3-8,11-12,18H,9-10H2,1-2H3/t12-/m0/s1. The summed E-state index contributed by atoms with van der Waals surface area (Å²) < 4.78 is 13.2. The van der Waals surface area contributed by atoms with E-state index in [0.717, 1.165) is 29.0 Å². The lowest BCUT2D eigenvalue weighted by atomic mass is 10.2. The number of nitrogens with one attached hydrogen (secondary N) is 1. The van der Waals surface area contributed by atoms with Gasteiger partial charge in [-0.2, -0.15) is 0 Å². The highest BCUT2D eigenvalue weighted by molar-refractivity contribution is 5.83. The number of hydrogen-bond acceptors (Lipinski definition) is 4. The van der Waals surface area contributed by atoms with Crippen molar-refractivity contribution in [2.24, 2.45) is 0 Å². The molecule has 0 unspecified atom stereocenters. The predicted molar refractivity (Wildman–Crippen MR) is 81.3 cm³/mol. The summed E-state index contributed by atoms with van der Waals surface area (Å²) in [5, 5.41) is 4.52. The number of para-hydroxylation sites is 1. The Bertz CT molecular complexity index is 703. The van der Waals surface area contributed by atoms with Crippen LogP contribution in [0.4, 0.5) is 0 Å². The van der Waals surface area contributed by atoms with E-state index >= 15 is 0 Å². The molecule has 2 aromatic heterocycles. The summed E-state index contributed by atoms with van der Waals surface area (Å²) >= 11 is 0. The maximum atomic E-state index is 5.87. The summed E-state index contributed by atoms with van der Waals surface area (Å²) in [4.78, 5) is 4.04. The number of ether oxygens (including phenoxy) is 1. The summed E-state index contributed by atoms with van der Waals surface area (Å²) in [6.07, 6.45) is 5.58. The monoisotopic (exact) mass is 285 g/mol. The Kier molecular flexibility index (Phi) is 3.92. The molecular formula is C16H19N3O2. The summed E-state index contributed by atoms with van der Waals surface area (Å²) in [6, 6.07) is 8.28. The number of fused-ring (bicyclic) bond motifs is 1. The second-order valence-electron chi connectivity index (χ2n) is 5.13. The Balaban J connectivity index is 1.65. The Hall–Kier alpha value is -2.27. The van der Waals surface area contributed by atoms with E-state index in [0.29, 0.717) is 12.6 Å². The van der Waals surface area contributed by atoms with Crippen LogP contribution >= 0.6 is 0 Å². The van der Waals surface area contributed by atoms with E-state index in [4.69, 9.17) is 9.15 Å². The van der Waals surface area contributed by atoms with Gasteiger partial charge in [0.15, 0.2) is 11.3 Å². The molecule has 21 heavy (non-hydrogen) atoms. The molecule has 0 saturated carbocycles. The third-order valence-electron chi connectivity index (χ3n) is 3.45. The fraction of sp³-hybridized carbons (Fsp3) is 0.312. The van der Waals surface area contributed by atoms with Crippen LogP contribution in [0.3, 0.4) is 0 Å². The third-order valence-corrected chi connectivity index (χ3v) is 3.45. The van der Waals surface area contributed by atoms with Gasteiger partial charge in [-0.05, 0) is 19.1 Å². The molecule has 3 aromatic rings. The van der Waals surface area contributed by atoms with Gasteiger partial charge in [0.1, 0.15) is 5.76 Å². The maximum Gasteiger partial charge on any atom is 0.176 e. The smallest absolute Gasteiger partial charge is 0.176 e. The number of aromatic nitrogens is 2. The maximum absolute atomic E-state index is 5.87. The SMILES string of the molecule is COc1cccc2cc(CN[C@@H](C)Cn3ccnc3)oc12. The predicted octanol–water partition coefficient (Wildman–Crippen LogP) is 2.82. The van der Waals surface area contributed by atoms with Crippen LogP contribution in [0.1, 0.15) is 12.7 Å². The van der Waals surface area contributed by atoms with Gasteiger partial charge in [0.2, 0.25) is 0 Å². The average Bonchev–Trinajstić information content (AvgIpc) is 3.13. The molecule has 0 fully saturated rings. The average molecular weight is 285 g/mol. The molecule has 0 radical (unpaired) electrons. The molecule has 1 N–H and O–H groups in total. The number of rotatable bonds is 6. The summed E-state index contributed by atoms with van der Waals surface area (Å²) in [5.41, 5.74) is 0.805. The van der Waals surface area contributed by atoms with E-state index in [1.807, 2.05) is 30.7 Å². The minimum absolute atomic E-state index is 0.328. The van der Waals surface area contributed by atoms with Crippen molar-refractivity contribution in [3.63, 3.8) is 0 Å². The summed E-state index contributed by atoms with van der Waals surface area (Å²) in [5.74, 6) is 1.68. The van der Waals surface area contributed by atoms with Crippen LogP contribution < -0.4 is 10.1 Å². The zero-order chi connectivity index (χ0) is 14.7. The van der Waals surface area contributed by atoms with Gasteiger partial charge in [-0.25, -0.2) is 4.98 Å². The third kappa shape index (κ3) is 3.08. The van der Waals surface area contributed by atoms with Crippen molar-refractivity contribution in [3.8, 4) is 5.75 Å². The second kappa shape index (κ2) is 6.01. The molecule has 1 aromatic carbocycles. The first kappa shape index (κ1) is 13.7. The number of furan rings is 1. The number of methoxy groups -OCH3 is 1. The lowest BCUT2D eigenvalue weighted by Gasteiger charge is -2.13. The number of imidazole rings is 1. The number of nitrogens with zero attached hydrogens (tertiary/aromatic N) is 2. The van der Waals surface area contributed by atoms with Gasteiger partial charge in [0.05, 0.1) is 20.0 Å². The first-order chi connectivity index (χ1) is 10.3. The zero-order valence-corrected chi connectivity index (χ0v) is 12.2. The molecule has 110 valence electrons. The van der Waals surface area contributed by atoms with Gasteiger partial charge in [-0.1, -0.05) is 12.1 Å². The summed E-state index contributed by atoms with van der Waals surface area (Å²) in [7, 11) is 1.66. The minimum Gasteiger partial charge on any atom is -0.493 e. The van der Waals surface area contributed by atoms with Gasteiger partial charge >= 0.3 is 0 Å². The van der Waals surface area contributed by atoms with Crippen molar-refractivity contribution in [1.29, 1.82) is 0 Å². The normalized spacial score (nSPS) is 12.7. The van der Waals surface area contributed by atoms with Gasteiger partial charge in [-0.15, -0.1) is 0 Å². The molecule has 3 rings (SSSR count). The van der Waals surface area contributed by atoms with Crippen LogP contribution in [-0.4, -0.2) is 22.7 Å². The molecule has 5 heteroatoms. The number of benzene rings is 1. The van der Waals surface area contributed by atoms with E-state index in [-0.39, 0.29) is 0 Å². The van der Waals surface area contributed by atoms with Crippen LogP contribution in [0, 0.1) is 0 Å². The Morgan fingerprint density at radius 2 is 2.33 bits per heavy atom. The molecule has 0 aliphatic heterocycles. The molecule has 0 spiro atoms. The Labute approximate surface area is 123 Å². The van der Waals surface area contributed by atoms with Gasteiger partial charge in [0, 0.05) is 30.4 Å². The molecule has 5 nitrogen and oxygen atoms in total. The molecule has 0 bridgehead atoms. The fourth-order valence-corrected chi connectivity index (χ4v) is 2.39. The largest absolute Gasteiger partial charge is 0.493 e. The molecular weight excluding hydrogens is 266 g/mol. The van der Waals surface area contributed by atoms with Crippen molar-refractivity contribution in [1.82, 2.24) is 14.9 Å². The first-order valence-electron chi connectivity index (χ1n) is 7.01. The highest BCUT2D eigenvalue weighted by Gasteiger charge is 2.09. The topological polar surface area (TPSA) is 52.2 Å². The van der Waals surface area contributed by atoms with Crippen molar-refractivity contribution >= 4 is 11.0 Å². The van der Waals surface area contributed by atoms with Crippen LogP contribution in [0.5, 0.6) is 5.75 Å². The van der Waals surface area contributed by atoms with E-state index in [1.54, 1.807) is 13.3 Å². The minimum atomic E-state index is 0.328. The van der Waals surface area contributed by atoms with Crippen molar-refractivity contribution in [3.05, 3.63) is 48.7 Å². The summed E-state index contributed by atoms with van der Waals surface area (Å²) in [6.45, 7) is 3.71. The fourth-order valence-electron chi connectivity index (χ4n) is 2.39.